The highest BCUT2D eigenvalue weighted by molar-refractivity contribution is 5.77. The minimum absolute atomic E-state index is 0.0839. The van der Waals surface area contributed by atoms with E-state index in [1.807, 2.05) is 0 Å². The molecule has 1 rings (SSSR count). The summed E-state index contributed by atoms with van der Waals surface area (Å²) in [6.07, 6.45) is -2.35. The summed E-state index contributed by atoms with van der Waals surface area (Å²) in [5, 5.41) is 6.71. The van der Waals surface area contributed by atoms with Crippen molar-refractivity contribution in [2.45, 2.75) is 0 Å². The summed E-state index contributed by atoms with van der Waals surface area (Å²) in [7, 11) is 4.09. The average molecular weight is 297 g/mol. The molecule has 9 heteroatoms. The topological polar surface area (TPSA) is 115 Å². The van der Waals surface area contributed by atoms with Gasteiger partial charge in [-0.2, -0.15) is 0 Å². The Labute approximate surface area is 120 Å². The molecule has 0 atom stereocenters. The van der Waals surface area contributed by atoms with Gasteiger partial charge in [0.05, 0.1) is 0 Å². The zero-order valence-corrected chi connectivity index (χ0v) is 11.7. The van der Waals surface area contributed by atoms with E-state index >= 15 is 0 Å². The monoisotopic (exact) mass is 297 g/mol. The van der Waals surface area contributed by atoms with E-state index in [2.05, 4.69) is 16.0 Å². The molecule has 0 radical (unpaired) electrons. The highest BCUT2D eigenvalue weighted by Crippen LogP contribution is 2.37. The van der Waals surface area contributed by atoms with Gasteiger partial charge in [0.15, 0.2) is 11.5 Å². The van der Waals surface area contributed by atoms with Crippen molar-refractivity contribution in [2.24, 2.45) is 0 Å². The van der Waals surface area contributed by atoms with E-state index in [1.54, 1.807) is 0 Å². The van der Waals surface area contributed by atoms with E-state index in [0.717, 1.165) is 0 Å². The molecule has 0 aliphatic heterocycles. The number of ether oxygens (including phenoxy) is 3. The summed E-state index contributed by atoms with van der Waals surface area (Å²) in [5.74, 6) is -0.372. The lowest BCUT2D eigenvalue weighted by atomic mass is 10.3. The van der Waals surface area contributed by atoms with Crippen LogP contribution < -0.4 is 30.2 Å². The third-order valence-electron chi connectivity index (χ3n) is 2.16. The van der Waals surface area contributed by atoms with Crippen molar-refractivity contribution in [3.05, 3.63) is 18.2 Å². The summed E-state index contributed by atoms with van der Waals surface area (Å²) < 4.78 is 14.8. The normalized spacial score (nSPS) is 9.29. The first kappa shape index (κ1) is 16.1. The van der Waals surface area contributed by atoms with E-state index in [4.69, 9.17) is 14.2 Å². The minimum atomic E-state index is -0.815. The van der Waals surface area contributed by atoms with Gasteiger partial charge in [0.1, 0.15) is 0 Å². The van der Waals surface area contributed by atoms with Gasteiger partial charge in [0.25, 0.3) is 0 Å². The first-order valence-electron chi connectivity index (χ1n) is 5.83. The van der Waals surface area contributed by atoms with Gasteiger partial charge in [-0.05, 0) is 12.1 Å². The molecule has 21 heavy (non-hydrogen) atoms. The Kier molecular flexibility index (Phi) is 5.80. The molecule has 0 fully saturated rings. The van der Waals surface area contributed by atoms with Gasteiger partial charge in [-0.15, -0.1) is 0 Å². The lowest BCUT2D eigenvalue weighted by Gasteiger charge is -2.13. The summed E-state index contributed by atoms with van der Waals surface area (Å²) in [4.78, 5) is 33.9. The summed E-state index contributed by atoms with van der Waals surface area (Å²) in [5.41, 5.74) is 0. The predicted octanol–water partition coefficient (Wildman–Crippen LogP) is 0.841. The van der Waals surface area contributed by atoms with Crippen LogP contribution in [0, 0.1) is 0 Å². The Morgan fingerprint density at radius 1 is 0.762 bits per heavy atom. The van der Waals surface area contributed by atoms with Crippen LogP contribution in [0.5, 0.6) is 17.2 Å². The van der Waals surface area contributed by atoms with Crippen LogP contribution in [0.1, 0.15) is 0 Å². The Bertz CT molecular complexity index is 510. The largest absolute Gasteiger partial charge is 0.412 e. The quantitative estimate of drug-likeness (QED) is 0.761. The second kappa shape index (κ2) is 7.58. The van der Waals surface area contributed by atoms with Gasteiger partial charge >= 0.3 is 18.3 Å². The van der Waals surface area contributed by atoms with Crippen molar-refractivity contribution in [1.82, 2.24) is 16.0 Å². The Hall–Kier alpha value is -2.97. The molecule has 3 N–H and O–H groups in total. The average Bonchev–Trinajstić information content (AvgIpc) is 2.49. The molecule has 0 aromatic heterocycles. The fourth-order valence-corrected chi connectivity index (χ4v) is 1.20. The van der Waals surface area contributed by atoms with Crippen LogP contribution in [-0.2, 0) is 0 Å². The highest BCUT2D eigenvalue weighted by Gasteiger charge is 2.19. The van der Waals surface area contributed by atoms with Crippen molar-refractivity contribution in [3.8, 4) is 17.2 Å². The number of amides is 3. The zero-order valence-electron chi connectivity index (χ0n) is 11.7. The molecule has 3 amide bonds. The molecule has 0 bridgehead atoms. The molecule has 1 aromatic carbocycles. The zero-order chi connectivity index (χ0) is 15.8. The maximum Gasteiger partial charge on any atom is 0.412 e. The molecule has 0 unspecified atom stereocenters. The number of benzene rings is 1. The Morgan fingerprint density at radius 3 is 1.52 bits per heavy atom. The van der Waals surface area contributed by atoms with Gasteiger partial charge in [0.2, 0.25) is 5.75 Å². The van der Waals surface area contributed by atoms with Crippen LogP contribution in [0.4, 0.5) is 14.4 Å². The number of hydrogen-bond donors (Lipinski definition) is 3. The molecular formula is C12H15N3O6. The van der Waals surface area contributed by atoms with E-state index < -0.39 is 18.3 Å². The second-order valence-electron chi connectivity index (χ2n) is 3.50. The number of nitrogens with one attached hydrogen (secondary N) is 3. The van der Waals surface area contributed by atoms with Gasteiger partial charge in [-0.1, -0.05) is 6.07 Å². The number of hydrogen-bond acceptors (Lipinski definition) is 6. The van der Waals surface area contributed by atoms with Crippen LogP contribution in [0.3, 0.4) is 0 Å². The fourth-order valence-electron chi connectivity index (χ4n) is 1.20. The molecule has 0 aliphatic carbocycles. The molecular weight excluding hydrogens is 282 g/mol. The SMILES string of the molecule is CNC(=O)Oc1cccc(OC(=O)NC)c1OC(=O)NC. The van der Waals surface area contributed by atoms with E-state index in [-0.39, 0.29) is 17.2 Å². The van der Waals surface area contributed by atoms with Crippen molar-refractivity contribution < 1.29 is 28.6 Å². The van der Waals surface area contributed by atoms with Crippen LogP contribution in [0.25, 0.3) is 0 Å². The Balaban J connectivity index is 3.16. The maximum absolute atomic E-state index is 11.4. The van der Waals surface area contributed by atoms with Crippen molar-refractivity contribution in [2.75, 3.05) is 21.1 Å². The summed E-state index contributed by atoms with van der Waals surface area (Å²) >= 11 is 0. The standard InChI is InChI=1S/C12H15N3O6/c1-13-10(16)19-7-5-4-6-8(20-11(17)14-2)9(7)21-12(18)15-3/h4-6H,1-3H3,(H,13,16)(H,14,17)(H,15,18). The van der Waals surface area contributed by atoms with Gasteiger partial charge in [0, 0.05) is 21.1 Å². The highest BCUT2D eigenvalue weighted by atomic mass is 16.6. The van der Waals surface area contributed by atoms with Crippen LogP contribution in [0.2, 0.25) is 0 Å². The Morgan fingerprint density at radius 2 is 1.14 bits per heavy atom. The molecule has 1 aromatic rings. The van der Waals surface area contributed by atoms with E-state index in [0.29, 0.717) is 0 Å². The van der Waals surface area contributed by atoms with E-state index in [9.17, 15) is 14.4 Å². The number of rotatable bonds is 3. The number of carbonyl (C=O) groups excluding carboxylic acids is 3. The molecule has 114 valence electrons. The smallest absolute Gasteiger partial charge is 0.406 e. The van der Waals surface area contributed by atoms with Crippen LogP contribution in [0.15, 0.2) is 18.2 Å². The van der Waals surface area contributed by atoms with Crippen molar-refractivity contribution >= 4 is 18.3 Å². The molecule has 0 saturated heterocycles. The van der Waals surface area contributed by atoms with Gasteiger partial charge < -0.3 is 30.2 Å². The van der Waals surface area contributed by atoms with Gasteiger partial charge in [-0.3, -0.25) is 0 Å². The fraction of sp³-hybridized carbons (Fsp3) is 0.250. The van der Waals surface area contributed by atoms with Crippen molar-refractivity contribution in [3.63, 3.8) is 0 Å². The first-order chi connectivity index (χ1) is 10.0. The minimum Gasteiger partial charge on any atom is -0.406 e. The van der Waals surface area contributed by atoms with Crippen molar-refractivity contribution in [1.29, 1.82) is 0 Å². The van der Waals surface area contributed by atoms with Crippen LogP contribution in [-0.4, -0.2) is 39.4 Å². The van der Waals surface area contributed by atoms with Crippen LogP contribution >= 0.6 is 0 Å². The first-order valence-corrected chi connectivity index (χ1v) is 5.83. The molecule has 0 heterocycles. The molecule has 9 nitrogen and oxygen atoms in total. The second-order valence-corrected chi connectivity index (χ2v) is 3.50. The third kappa shape index (κ3) is 4.56. The number of carbonyl (C=O) groups is 3. The lowest BCUT2D eigenvalue weighted by molar-refractivity contribution is 0.186. The third-order valence-corrected chi connectivity index (χ3v) is 2.16. The molecule has 0 saturated carbocycles. The maximum atomic E-state index is 11.4. The predicted molar refractivity (Wildman–Crippen MR) is 71.7 cm³/mol. The number of para-hydroxylation sites is 1. The summed E-state index contributed by atoms with van der Waals surface area (Å²) in [6.45, 7) is 0. The van der Waals surface area contributed by atoms with E-state index in [1.165, 1.54) is 39.3 Å². The molecule has 0 aliphatic rings. The molecule has 0 spiro atoms. The summed E-state index contributed by atoms with van der Waals surface area (Å²) in [6, 6.07) is 4.22. The lowest BCUT2D eigenvalue weighted by Crippen LogP contribution is -2.26. The van der Waals surface area contributed by atoms with Gasteiger partial charge in [-0.25, -0.2) is 14.4 Å².